The molecule has 1 rings (SSSR count). The molecule has 0 heterocycles. The van der Waals surface area contributed by atoms with Crippen LogP contribution in [0.15, 0.2) is 24.3 Å². The third-order valence-corrected chi connectivity index (χ3v) is 2.39. The van der Waals surface area contributed by atoms with Crippen LogP contribution >= 0.6 is 0 Å². The first kappa shape index (κ1) is 12.1. The lowest BCUT2D eigenvalue weighted by molar-refractivity contribution is 0.340. The Morgan fingerprint density at radius 3 is 2.40 bits per heavy atom. The Kier molecular flexibility index (Phi) is 5.19. The molecule has 1 unspecified atom stereocenters. The molecule has 2 heteroatoms. The summed E-state index contributed by atoms with van der Waals surface area (Å²) < 4.78 is 5.38. The van der Waals surface area contributed by atoms with E-state index in [-0.39, 0.29) is 6.04 Å². The van der Waals surface area contributed by atoms with Crippen molar-refractivity contribution < 1.29 is 4.74 Å². The molecule has 0 bridgehead atoms. The van der Waals surface area contributed by atoms with Gasteiger partial charge in [0.05, 0.1) is 6.61 Å². The van der Waals surface area contributed by atoms with E-state index in [1.54, 1.807) is 0 Å². The molecule has 0 aromatic heterocycles. The van der Waals surface area contributed by atoms with Crippen LogP contribution in [0.4, 0.5) is 0 Å². The molecule has 0 saturated heterocycles. The van der Waals surface area contributed by atoms with Crippen LogP contribution in [0.25, 0.3) is 0 Å². The zero-order valence-corrected chi connectivity index (χ0v) is 9.70. The molecule has 1 aromatic rings. The van der Waals surface area contributed by atoms with Crippen LogP contribution in [0.5, 0.6) is 5.75 Å². The van der Waals surface area contributed by atoms with Crippen LogP contribution in [0.1, 0.15) is 32.3 Å². The van der Waals surface area contributed by atoms with E-state index in [9.17, 15) is 0 Å². The molecule has 0 amide bonds. The summed E-state index contributed by atoms with van der Waals surface area (Å²) in [6.45, 7) is 4.87. The molecular weight excluding hydrogens is 186 g/mol. The molecule has 0 fully saturated rings. The number of hydrogen-bond acceptors (Lipinski definition) is 2. The Morgan fingerprint density at radius 1 is 1.20 bits per heavy atom. The fraction of sp³-hybridized carbons (Fsp3) is 0.538. The van der Waals surface area contributed by atoms with Crippen LogP contribution in [-0.4, -0.2) is 12.6 Å². The molecule has 0 saturated carbocycles. The molecule has 2 N–H and O–H groups in total. The first-order chi connectivity index (χ1) is 7.26. The Bertz CT molecular complexity index is 268. The minimum Gasteiger partial charge on any atom is -0.494 e. The highest BCUT2D eigenvalue weighted by atomic mass is 16.5. The quantitative estimate of drug-likeness (QED) is 0.778. The Balaban J connectivity index is 2.48. The summed E-state index contributed by atoms with van der Waals surface area (Å²) in [6.07, 6.45) is 3.20. The van der Waals surface area contributed by atoms with E-state index >= 15 is 0 Å². The van der Waals surface area contributed by atoms with Gasteiger partial charge in [-0.1, -0.05) is 25.5 Å². The van der Waals surface area contributed by atoms with E-state index in [0.717, 1.165) is 25.0 Å². The molecule has 15 heavy (non-hydrogen) atoms. The average molecular weight is 207 g/mol. The molecule has 2 nitrogen and oxygen atoms in total. The zero-order valence-electron chi connectivity index (χ0n) is 9.70. The van der Waals surface area contributed by atoms with Gasteiger partial charge in [-0.05, 0) is 37.5 Å². The van der Waals surface area contributed by atoms with Gasteiger partial charge in [-0.15, -0.1) is 0 Å². The summed E-state index contributed by atoms with van der Waals surface area (Å²) >= 11 is 0. The van der Waals surface area contributed by atoms with Crippen LogP contribution in [0.3, 0.4) is 0 Å². The van der Waals surface area contributed by atoms with Crippen LogP contribution < -0.4 is 10.5 Å². The number of rotatable bonds is 6. The molecule has 0 spiro atoms. The largest absolute Gasteiger partial charge is 0.494 e. The van der Waals surface area contributed by atoms with Crippen molar-refractivity contribution in [2.75, 3.05) is 6.61 Å². The summed E-state index contributed by atoms with van der Waals surface area (Å²) in [4.78, 5) is 0. The third kappa shape index (κ3) is 4.34. The van der Waals surface area contributed by atoms with E-state index in [1.165, 1.54) is 5.56 Å². The summed E-state index contributed by atoms with van der Waals surface area (Å²) in [5.74, 6) is 0.935. The minimum atomic E-state index is 0.285. The van der Waals surface area contributed by atoms with E-state index in [4.69, 9.17) is 10.5 Å². The van der Waals surface area contributed by atoms with E-state index in [0.29, 0.717) is 6.61 Å². The molecular formula is C13H21NO. The van der Waals surface area contributed by atoms with Crippen molar-refractivity contribution in [2.45, 2.75) is 39.2 Å². The first-order valence-electron chi connectivity index (χ1n) is 5.73. The van der Waals surface area contributed by atoms with Gasteiger partial charge in [-0.25, -0.2) is 0 Å². The average Bonchev–Trinajstić information content (AvgIpc) is 2.22. The predicted octanol–water partition coefficient (Wildman–Crippen LogP) is 2.76. The topological polar surface area (TPSA) is 35.2 Å². The Hall–Kier alpha value is -1.02. The molecule has 84 valence electrons. The summed E-state index contributed by atoms with van der Waals surface area (Å²) in [7, 11) is 0. The molecule has 0 aliphatic carbocycles. The maximum absolute atomic E-state index is 5.98. The van der Waals surface area contributed by atoms with Crippen LogP contribution in [0.2, 0.25) is 0 Å². The van der Waals surface area contributed by atoms with Crippen molar-refractivity contribution >= 4 is 0 Å². The van der Waals surface area contributed by atoms with E-state index in [1.807, 2.05) is 19.1 Å². The lowest BCUT2D eigenvalue weighted by Crippen LogP contribution is -2.22. The summed E-state index contributed by atoms with van der Waals surface area (Å²) in [5, 5.41) is 0. The minimum absolute atomic E-state index is 0.285. The number of ether oxygens (including phenoxy) is 1. The van der Waals surface area contributed by atoms with E-state index in [2.05, 4.69) is 19.1 Å². The molecule has 0 aliphatic rings. The van der Waals surface area contributed by atoms with Crippen LogP contribution in [0, 0.1) is 0 Å². The van der Waals surface area contributed by atoms with Crippen molar-refractivity contribution in [3.8, 4) is 5.75 Å². The van der Waals surface area contributed by atoms with Gasteiger partial charge >= 0.3 is 0 Å². The highest BCUT2D eigenvalue weighted by molar-refractivity contribution is 5.27. The van der Waals surface area contributed by atoms with Crippen molar-refractivity contribution in [2.24, 2.45) is 5.73 Å². The number of hydrogen-bond donors (Lipinski definition) is 1. The second kappa shape index (κ2) is 6.46. The van der Waals surface area contributed by atoms with Crippen molar-refractivity contribution in [1.82, 2.24) is 0 Å². The molecule has 0 radical (unpaired) electrons. The van der Waals surface area contributed by atoms with Crippen molar-refractivity contribution in [1.29, 1.82) is 0 Å². The van der Waals surface area contributed by atoms with Gasteiger partial charge in [0.25, 0.3) is 0 Å². The van der Waals surface area contributed by atoms with Gasteiger partial charge < -0.3 is 10.5 Å². The Morgan fingerprint density at radius 2 is 1.87 bits per heavy atom. The SMILES string of the molecule is CCCC(N)Cc1ccc(OCC)cc1. The van der Waals surface area contributed by atoms with Gasteiger partial charge in [-0.3, -0.25) is 0 Å². The number of nitrogens with two attached hydrogens (primary N) is 1. The number of benzene rings is 1. The first-order valence-corrected chi connectivity index (χ1v) is 5.73. The normalized spacial score (nSPS) is 12.5. The van der Waals surface area contributed by atoms with Gasteiger partial charge in [0, 0.05) is 6.04 Å². The maximum Gasteiger partial charge on any atom is 0.119 e. The van der Waals surface area contributed by atoms with Gasteiger partial charge in [0.1, 0.15) is 5.75 Å². The second-order valence-electron chi connectivity index (χ2n) is 3.83. The zero-order chi connectivity index (χ0) is 11.1. The molecule has 1 atom stereocenters. The molecule has 0 aliphatic heterocycles. The lowest BCUT2D eigenvalue weighted by Gasteiger charge is -2.10. The third-order valence-electron chi connectivity index (χ3n) is 2.39. The van der Waals surface area contributed by atoms with Crippen molar-refractivity contribution in [3.05, 3.63) is 29.8 Å². The Labute approximate surface area is 92.4 Å². The molecule has 1 aromatic carbocycles. The summed E-state index contributed by atoms with van der Waals surface area (Å²) in [5.41, 5.74) is 7.27. The fourth-order valence-electron chi connectivity index (χ4n) is 1.66. The summed E-state index contributed by atoms with van der Waals surface area (Å²) in [6, 6.07) is 8.50. The predicted molar refractivity (Wildman–Crippen MR) is 64.2 cm³/mol. The lowest BCUT2D eigenvalue weighted by atomic mass is 10.0. The van der Waals surface area contributed by atoms with Gasteiger partial charge in [-0.2, -0.15) is 0 Å². The highest BCUT2D eigenvalue weighted by Gasteiger charge is 2.02. The highest BCUT2D eigenvalue weighted by Crippen LogP contribution is 2.13. The smallest absolute Gasteiger partial charge is 0.119 e. The van der Waals surface area contributed by atoms with Crippen LogP contribution in [-0.2, 0) is 6.42 Å². The van der Waals surface area contributed by atoms with Crippen molar-refractivity contribution in [3.63, 3.8) is 0 Å². The monoisotopic (exact) mass is 207 g/mol. The van der Waals surface area contributed by atoms with E-state index < -0.39 is 0 Å². The van der Waals surface area contributed by atoms with Gasteiger partial charge in [0.15, 0.2) is 0 Å². The standard InChI is InChI=1S/C13H21NO/c1-3-5-12(14)10-11-6-8-13(9-7-11)15-4-2/h6-9,12H,3-5,10,14H2,1-2H3. The fourth-order valence-corrected chi connectivity index (χ4v) is 1.66. The second-order valence-corrected chi connectivity index (χ2v) is 3.83. The van der Waals surface area contributed by atoms with Gasteiger partial charge in [0.2, 0.25) is 0 Å². The maximum atomic E-state index is 5.98.